The molecule has 4 nitrogen and oxygen atoms in total. The van der Waals surface area contributed by atoms with Gasteiger partial charge in [-0.3, -0.25) is 5.32 Å². The molecule has 0 saturated carbocycles. The summed E-state index contributed by atoms with van der Waals surface area (Å²) in [5.41, 5.74) is 0.783. The van der Waals surface area contributed by atoms with Crippen molar-refractivity contribution < 1.29 is 14.6 Å². The minimum atomic E-state index is -0.680. The molecule has 1 amide bonds. The van der Waals surface area contributed by atoms with Crippen LogP contribution >= 0.6 is 0 Å². The second kappa shape index (κ2) is 6.26. The number of anilines is 1. The van der Waals surface area contributed by atoms with Crippen LogP contribution in [-0.2, 0) is 4.74 Å². The predicted molar refractivity (Wildman–Crippen MR) is 74.7 cm³/mol. The maximum absolute atomic E-state index is 11.5. The number of carbonyl (C=O) groups is 1. The molecule has 0 radical (unpaired) electrons. The van der Waals surface area contributed by atoms with Gasteiger partial charge in [-0.05, 0) is 38.5 Å². The van der Waals surface area contributed by atoms with Gasteiger partial charge in [0.2, 0.25) is 0 Å². The van der Waals surface area contributed by atoms with Crippen LogP contribution in [0.3, 0.4) is 0 Å². The number of carbonyl (C=O) groups excluding carboxylic acids is 1. The molecule has 4 heteroatoms. The number of ether oxygens (including phenoxy) is 1. The molecule has 1 rings (SSSR count). The topological polar surface area (TPSA) is 58.6 Å². The Kier molecular flexibility index (Phi) is 4.96. The minimum absolute atomic E-state index is 0.263. The van der Waals surface area contributed by atoms with Crippen molar-refractivity contribution in [3.05, 3.63) is 29.8 Å². The lowest BCUT2D eigenvalue weighted by Crippen LogP contribution is -2.27. The van der Waals surface area contributed by atoms with Gasteiger partial charge in [0.05, 0.1) is 6.10 Å². The van der Waals surface area contributed by atoms with Crippen molar-refractivity contribution in [1.29, 1.82) is 0 Å². The van der Waals surface area contributed by atoms with E-state index < -0.39 is 17.8 Å². The number of aliphatic hydroxyl groups excluding tert-OH is 1. The van der Waals surface area contributed by atoms with E-state index in [1.54, 1.807) is 45.0 Å². The van der Waals surface area contributed by atoms with Gasteiger partial charge in [-0.15, -0.1) is 12.3 Å². The third-order valence-electron chi connectivity index (χ3n) is 2.25. The van der Waals surface area contributed by atoms with Crippen LogP contribution in [0.5, 0.6) is 0 Å². The van der Waals surface area contributed by atoms with E-state index in [4.69, 9.17) is 11.2 Å². The Morgan fingerprint density at radius 2 is 2.00 bits per heavy atom. The van der Waals surface area contributed by atoms with Gasteiger partial charge < -0.3 is 9.84 Å². The summed E-state index contributed by atoms with van der Waals surface area (Å²) in [7, 11) is 0. The third kappa shape index (κ3) is 5.45. The average molecular weight is 261 g/mol. The fourth-order valence-corrected chi connectivity index (χ4v) is 1.44. The highest BCUT2D eigenvalue weighted by Crippen LogP contribution is 2.19. The highest BCUT2D eigenvalue weighted by Gasteiger charge is 2.16. The van der Waals surface area contributed by atoms with Crippen LogP contribution in [0.2, 0.25) is 0 Å². The summed E-state index contributed by atoms with van der Waals surface area (Å²) in [6.45, 7) is 5.39. The van der Waals surface area contributed by atoms with Crippen LogP contribution in [0, 0.1) is 12.3 Å². The van der Waals surface area contributed by atoms with E-state index in [1.165, 1.54) is 0 Å². The number of hydrogen-bond acceptors (Lipinski definition) is 3. The van der Waals surface area contributed by atoms with E-state index in [0.717, 1.165) is 0 Å². The molecular weight excluding hydrogens is 242 g/mol. The molecule has 1 unspecified atom stereocenters. The first-order chi connectivity index (χ1) is 8.81. The second-order valence-electron chi connectivity index (χ2n) is 5.17. The number of benzene rings is 1. The molecule has 0 aliphatic rings. The maximum Gasteiger partial charge on any atom is 0.412 e. The third-order valence-corrected chi connectivity index (χ3v) is 2.25. The molecule has 0 heterocycles. The Labute approximate surface area is 113 Å². The van der Waals surface area contributed by atoms with Crippen LogP contribution in [0.1, 0.15) is 38.9 Å². The SMILES string of the molecule is C#CCC(O)c1ccc(NC(=O)OC(C)(C)C)cc1. The zero-order valence-electron chi connectivity index (χ0n) is 11.4. The first-order valence-corrected chi connectivity index (χ1v) is 6.03. The summed E-state index contributed by atoms with van der Waals surface area (Å²) >= 11 is 0. The average Bonchev–Trinajstić information content (AvgIpc) is 2.27. The van der Waals surface area contributed by atoms with Gasteiger partial charge in [0, 0.05) is 12.1 Å². The normalized spacial score (nSPS) is 12.4. The van der Waals surface area contributed by atoms with E-state index >= 15 is 0 Å². The van der Waals surface area contributed by atoms with E-state index in [1.807, 2.05) is 0 Å². The molecule has 1 atom stereocenters. The van der Waals surface area contributed by atoms with Crippen molar-refractivity contribution in [1.82, 2.24) is 0 Å². The number of rotatable bonds is 3. The highest BCUT2D eigenvalue weighted by atomic mass is 16.6. The smallest absolute Gasteiger partial charge is 0.412 e. The second-order valence-corrected chi connectivity index (χ2v) is 5.17. The lowest BCUT2D eigenvalue weighted by atomic mass is 10.1. The highest BCUT2D eigenvalue weighted by molar-refractivity contribution is 5.84. The van der Waals surface area contributed by atoms with Gasteiger partial charge in [-0.2, -0.15) is 0 Å². The number of terminal acetylenes is 1. The first-order valence-electron chi connectivity index (χ1n) is 6.03. The molecule has 0 aliphatic carbocycles. The summed E-state index contributed by atoms with van der Waals surface area (Å²) in [6.07, 6.45) is 4.21. The lowest BCUT2D eigenvalue weighted by molar-refractivity contribution is 0.0636. The molecule has 0 aromatic heterocycles. The summed E-state index contributed by atoms with van der Waals surface area (Å²) < 4.78 is 5.13. The Morgan fingerprint density at radius 3 is 2.47 bits per heavy atom. The number of hydrogen-bond donors (Lipinski definition) is 2. The predicted octanol–water partition coefficient (Wildman–Crippen LogP) is 3.09. The minimum Gasteiger partial charge on any atom is -0.444 e. The number of nitrogens with one attached hydrogen (secondary N) is 1. The Morgan fingerprint density at radius 1 is 1.42 bits per heavy atom. The Balaban J connectivity index is 2.63. The van der Waals surface area contributed by atoms with Crippen LogP contribution in [-0.4, -0.2) is 16.8 Å². The zero-order chi connectivity index (χ0) is 14.5. The molecule has 19 heavy (non-hydrogen) atoms. The van der Waals surface area contributed by atoms with E-state index in [0.29, 0.717) is 11.3 Å². The van der Waals surface area contributed by atoms with Gasteiger partial charge in [0.25, 0.3) is 0 Å². The molecule has 0 spiro atoms. The van der Waals surface area contributed by atoms with Crippen LogP contribution in [0.25, 0.3) is 0 Å². The van der Waals surface area contributed by atoms with Crippen LogP contribution in [0.15, 0.2) is 24.3 Å². The van der Waals surface area contributed by atoms with E-state index in [9.17, 15) is 9.90 Å². The molecule has 1 aromatic carbocycles. The fourth-order valence-electron chi connectivity index (χ4n) is 1.44. The van der Waals surface area contributed by atoms with E-state index in [2.05, 4.69) is 11.2 Å². The standard InChI is InChI=1S/C15H19NO3/c1-5-6-13(17)11-7-9-12(10-8-11)16-14(18)19-15(2,3)4/h1,7-10,13,17H,6H2,2-4H3,(H,16,18). The van der Waals surface area contributed by atoms with Gasteiger partial charge in [0.1, 0.15) is 5.60 Å². The molecule has 0 bridgehead atoms. The van der Waals surface area contributed by atoms with Crippen LogP contribution < -0.4 is 5.32 Å². The molecule has 0 fully saturated rings. The molecule has 0 saturated heterocycles. The fraction of sp³-hybridized carbons (Fsp3) is 0.400. The van der Waals surface area contributed by atoms with Gasteiger partial charge in [-0.25, -0.2) is 4.79 Å². The zero-order valence-corrected chi connectivity index (χ0v) is 11.4. The molecule has 0 aliphatic heterocycles. The first kappa shape index (κ1) is 15.1. The molecule has 1 aromatic rings. The summed E-state index contributed by atoms with van der Waals surface area (Å²) in [5.74, 6) is 2.40. The van der Waals surface area contributed by atoms with Crippen molar-refractivity contribution in [3.63, 3.8) is 0 Å². The summed E-state index contributed by atoms with van der Waals surface area (Å²) in [5, 5.41) is 12.3. The van der Waals surface area contributed by atoms with Gasteiger partial charge in [-0.1, -0.05) is 12.1 Å². The van der Waals surface area contributed by atoms with Gasteiger partial charge in [0.15, 0.2) is 0 Å². The largest absolute Gasteiger partial charge is 0.444 e. The van der Waals surface area contributed by atoms with E-state index in [-0.39, 0.29) is 6.42 Å². The number of amides is 1. The Bertz CT molecular complexity index is 466. The lowest BCUT2D eigenvalue weighted by Gasteiger charge is -2.19. The molecule has 102 valence electrons. The maximum atomic E-state index is 11.5. The van der Waals surface area contributed by atoms with Crippen molar-refractivity contribution in [2.45, 2.75) is 38.9 Å². The summed E-state index contributed by atoms with van der Waals surface area (Å²) in [6, 6.07) is 6.82. The monoisotopic (exact) mass is 261 g/mol. The van der Waals surface area contributed by atoms with Gasteiger partial charge >= 0.3 is 6.09 Å². The van der Waals surface area contributed by atoms with Crippen molar-refractivity contribution >= 4 is 11.8 Å². The van der Waals surface area contributed by atoms with Crippen molar-refractivity contribution in [3.8, 4) is 12.3 Å². The Hall–Kier alpha value is -1.99. The quantitative estimate of drug-likeness (QED) is 0.822. The number of aliphatic hydroxyl groups is 1. The molecular formula is C15H19NO3. The molecule has 2 N–H and O–H groups in total. The van der Waals surface area contributed by atoms with Crippen molar-refractivity contribution in [2.24, 2.45) is 0 Å². The summed E-state index contributed by atoms with van der Waals surface area (Å²) in [4.78, 5) is 11.5. The van der Waals surface area contributed by atoms with Crippen LogP contribution in [0.4, 0.5) is 10.5 Å². The van der Waals surface area contributed by atoms with Crippen molar-refractivity contribution in [2.75, 3.05) is 5.32 Å².